The van der Waals surface area contributed by atoms with Gasteiger partial charge in [0.25, 0.3) is 0 Å². The van der Waals surface area contributed by atoms with Crippen molar-refractivity contribution in [3.8, 4) is 0 Å². The molecule has 146 valence electrons. The quantitative estimate of drug-likeness (QED) is 0.598. The van der Waals surface area contributed by atoms with Gasteiger partial charge in [-0.25, -0.2) is 4.39 Å². The lowest BCUT2D eigenvalue weighted by Gasteiger charge is -2.28. The molecule has 2 aromatic carbocycles. The Bertz CT molecular complexity index is 1040. The summed E-state index contributed by atoms with van der Waals surface area (Å²) in [6, 6.07) is 18.5. The Hall–Kier alpha value is -3.19. The highest BCUT2D eigenvalue weighted by atomic mass is 32.2. The Kier molecular flexibility index (Phi) is 5.57. The zero-order chi connectivity index (χ0) is 20.2. The van der Waals surface area contributed by atoms with E-state index in [-0.39, 0.29) is 18.2 Å². The summed E-state index contributed by atoms with van der Waals surface area (Å²) in [6.07, 6.45) is 0.709. The van der Waals surface area contributed by atoms with E-state index in [2.05, 4.69) is 4.98 Å². The standard InChI is InChI=1S/C22H17FN2O3S/c23-16-7-5-6-15(12-16)22(17-8-3-4-11-24-17)28-21(27)13-25-18-9-1-2-10-19(18)29-14-20(25)26/h1-12,22H,13-14H2. The molecule has 0 fully saturated rings. The molecule has 1 aliphatic heterocycles. The smallest absolute Gasteiger partial charge is 0.327 e. The van der Waals surface area contributed by atoms with Gasteiger partial charge < -0.3 is 4.74 Å². The van der Waals surface area contributed by atoms with Crippen LogP contribution in [0.1, 0.15) is 17.4 Å². The lowest BCUT2D eigenvalue weighted by Crippen LogP contribution is -2.40. The van der Waals surface area contributed by atoms with Crippen LogP contribution >= 0.6 is 11.8 Å². The molecule has 1 atom stereocenters. The van der Waals surface area contributed by atoms with Gasteiger partial charge in [0, 0.05) is 16.7 Å². The van der Waals surface area contributed by atoms with Crippen molar-refractivity contribution in [1.82, 2.24) is 4.98 Å². The lowest BCUT2D eigenvalue weighted by molar-refractivity contribution is -0.146. The number of ether oxygens (including phenoxy) is 1. The van der Waals surface area contributed by atoms with Crippen LogP contribution in [0.5, 0.6) is 0 Å². The molecule has 0 saturated heterocycles. The largest absolute Gasteiger partial charge is 0.450 e. The van der Waals surface area contributed by atoms with Crippen molar-refractivity contribution >= 4 is 29.3 Å². The Morgan fingerprint density at radius 3 is 2.76 bits per heavy atom. The van der Waals surface area contributed by atoms with Crippen LogP contribution in [0.3, 0.4) is 0 Å². The molecule has 1 unspecified atom stereocenters. The number of amides is 1. The minimum Gasteiger partial charge on any atom is -0.450 e. The molecule has 0 bridgehead atoms. The van der Waals surface area contributed by atoms with Gasteiger partial charge in [-0.2, -0.15) is 0 Å². The van der Waals surface area contributed by atoms with E-state index in [9.17, 15) is 14.0 Å². The zero-order valence-electron chi connectivity index (χ0n) is 15.3. The summed E-state index contributed by atoms with van der Waals surface area (Å²) in [7, 11) is 0. The maximum atomic E-state index is 13.8. The van der Waals surface area contributed by atoms with Crippen molar-refractivity contribution in [3.63, 3.8) is 0 Å². The van der Waals surface area contributed by atoms with E-state index in [1.165, 1.54) is 28.8 Å². The molecule has 4 rings (SSSR count). The number of thioether (sulfide) groups is 1. The Morgan fingerprint density at radius 1 is 1.14 bits per heavy atom. The van der Waals surface area contributed by atoms with Gasteiger partial charge in [0.2, 0.25) is 5.91 Å². The molecule has 5 nitrogen and oxygen atoms in total. The maximum Gasteiger partial charge on any atom is 0.327 e. The normalized spacial score (nSPS) is 14.2. The van der Waals surface area contributed by atoms with Gasteiger partial charge in [0.1, 0.15) is 12.4 Å². The molecule has 1 aliphatic rings. The highest BCUT2D eigenvalue weighted by Crippen LogP contribution is 2.35. The molecule has 0 aliphatic carbocycles. The van der Waals surface area contributed by atoms with Gasteiger partial charge in [-0.1, -0.05) is 30.3 Å². The molecule has 2 heterocycles. The fourth-order valence-electron chi connectivity index (χ4n) is 3.13. The molecule has 3 aromatic rings. The number of hydrogen-bond acceptors (Lipinski definition) is 5. The van der Waals surface area contributed by atoms with E-state index in [0.717, 1.165) is 4.90 Å². The third kappa shape index (κ3) is 4.30. The minimum absolute atomic E-state index is 0.161. The monoisotopic (exact) mass is 408 g/mol. The predicted molar refractivity (Wildman–Crippen MR) is 108 cm³/mol. The number of hydrogen-bond donors (Lipinski definition) is 0. The first-order valence-corrected chi connectivity index (χ1v) is 9.98. The van der Waals surface area contributed by atoms with Crippen LogP contribution in [0.4, 0.5) is 10.1 Å². The average Bonchev–Trinajstić information content (AvgIpc) is 2.75. The number of rotatable bonds is 5. The second-order valence-corrected chi connectivity index (χ2v) is 7.43. The SMILES string of the molecule is O=C(CN1C(=O)CSc2ccccc21)OC(c1cccc(F)c1)c1ccccn1. The third-order valence-corrected chi connectivity index (χ3v) is 5.50. The topological polar surface area (TPSA) is 59.5 Å². The summed E-state index contributed by atoms with van der Waals surface area (Å²) in [5.41, 5.74) is 1.64. The van der Waals surface area contributed by atoms with Crippen LogP contribution < -0.4 is 4.90 Å². The summed E-state index contributed by atoms with van der Waals surface area (Å²) in [4.78, 5) is 31.8. The van der Waals surface area contributed by atoms with Crippen LogP contribution in [0, 0.1) is 5.82 Å². The van der Waals surface area contributed by atoms with E-state index in [1.807, 2.05) is 18.2 Å². The van der Waals surface area contributed by atoms with Crippen LogP contribution in [-0.2, 0) is 14.3 Å². The summed E-state index contributed by atoms with van der Waals surface area (Å²) in [5.74, 6) is -0.930. The van der Waals surface area contributed by atoms with Gasteiger partial charge in [-0.15, -0.1) is 11.8 Å². The van der Waals surface area contributed by atoms with Gasteiger partial charge in [0.05, 0.1) is 17.1 Å². The van der Waals surface area contributed by atoms with E-state index >= 15 is 0 Å². The van der Waals surface area contributed by atoms with Crippen LogP contribution in [0.25, 0.3) is 0 Å². The highest BCUT2D eigenvalue weighted by Gasteiger charge is 2.28. The van der Waals surface area contributed by atoms with Crippen molar-refractivity contribution in [2.45, 2.75) is 11.0 Å². The first kappa shape index (κ1) is 19.1. The lowest BCUT2D eigenvalue weighted by atomic mass is 10.1. The number of carbonyl (C=O) groups excluding carboxylic acids is 2. The Morgan fingerprint density at radius 2 is 1.97 bits per heavy atom. The number of nitrogens with zero attached hydrogens (tertiary/aromatic N) is 2. The van der Waals surface area contributed by atoms with Crippen LogP contribution in [0.2, 0.25) is 0 Å². The number of esters is 1. The van der Waals surface area contributed by atoms with Crippen LogP contribution in [-0.4, -0.2) is 29.2 Å². The number of anilines is 1. The molecule has 0 spiro atoms. The van der Waals surface area contributed by atoms with Crippen molar-refractivity contribution in [3.05, 3.63) is 90.0 Å². The molecule has 29 heavy (non-hydrogen) atoms. The number of carbonyl (C=O) groups is 2. The van der Waals surface area contributed by atoms with E-state index in [0.29, 0.717) is 16.9 Å². The number of halogens is 1. The first-order chi connectivity index (χ1) is 14.1. The number of para-hydroxylation sites is 1. The van der Waals surface area contributed by atoms with Crippen molar-refractivity contribution in [2.24, 2.45) is 0 Å². The second kappa shape index (κ2) is 8.45. The predicted octanol–water partition coefficient (Wildman–Crippen LogP) is 3.99. The summed E-state index contributed by atoms with van der Waals surface area (Å²) in [6.45, 7) is -0.227. The van der Waals surface area contributed by atoms with Gasteiger partial charge >= 0.3 is 5.97 Å². The Balaban J connectivity index is 1.58. The number of benzene rings is 2. The fraction of sp³-hybridized carbons (Fsp3) is 0.136. The molecule has 0 N–H and O–H groups in total. The fourth-order valence-corrected chi connectivity index (χ4v) is 4.06. The van der Waals surface area contributed by atoms with E-state index in [1.54, 1.807) is 42.6 Å². The van der Waals surface area contributed by atoms with Gasteiger partial charge in [-0.05, 0) is 36.4 Å². The van der Waals surface area contributed by atoms with E-state index in [4.69, 9.17) is 4.74 Å². The number of pyridine rings is 1. The highest BCUT2D eigenvalue weighted by molar-refractivity contribution is 8.00. The summed E-state index contributed by atoms with van der Waals surface area (Å²) >= 11 is 1.44. The summed E-state index contributed by atoms with van der Waals surface area (Å²) < 4.78 is 19.4. The summed E-state index contributed by atoms with van der Waals surface area (Å²) in [5, 5.41) is 0. The minimum atomic E-state index is -0.871. The zero-order valence-corrected chi connectivity index (χ0v) is 16.1. The molecule has 7 heteroatoms. The van der Waals surface area contributed by atoms with Crippen LogP contribution in [0.15, 0.2) is 77.8 Å². The molecule has 1 amide bonds. The van der Waals surface area contributed by atoms with Gasteiger partial charge in [0.15, 0.2) is 6.10 Å². The second-order valence-electron chi connectivity index (χ2n) is 6.42. The molecule has 1 aromatic heterocycles. The molecule has 0 radical (unpaired) electrons. The molecular weight excluding hydrogens is 391 g/mol. The average molecular weight is 408 g/mol. The van der Waals surface area contributed by atoms with E-state index < -0.39 is 17.9 Å². The molecular formula is C22H17FN2O3S. The molecule has 0 saturated carbocycles. The number of fused-ring (bicyclic) bond motifs is 1. The Labute approximate surface area is 171 Å². The van der Waals surface area contributed by atoms with Crippen molar-refractivity contribution in [2.75, 3.05) is 17.2 Å². The number of aromatic nitrogens is 1. The van der Waals surface area contributed by atoms with Crippen molar-refractivity contribution < 1.29 is 18.7 Å². The third-order valence-electron chi connectivity index (χ3n) is 4.45. The van der Waals surface area contributed by atoms with Gasteiger partial charge in [-0.3, -0.25) is 19.5 Å². The maximum absolute atomic E-state index is 13.8. The van der Waals surface area contributed by atoms with Crippen molar-refractivity contribution in [1.29, 1.82) is 0 Å². The first-order valence-electron chi connectivity index (χ1n) is 9.00.